The fourth-order valence-corrected chi connectivity index (χ4v) is 2.98. The van der Waals surface area contributed by atoms with Crippen LogP contribution in [-0.2, 0) is 11.8 Å². The lowest BCUT2D eigenvalue weighted by Crippen LogP contribution is -2.52. The van der Waals surface area contributed by atoms with Crippen LogP contribution in [0.1, 0.15) is 17.6 Å². The molecular formula is C17H25N5O3. The Morgan fingerprint density at radius 1 is 1.36 bits per heavy atom. The number of anilines is 1. The van der Waals surface area contributed by atoms with Gasteiger partial charge in [-0.2, -0.15) is 5.10 Å². The Labute approximate surface area is 147 Å². The number of nitrogens with one attached hydrogen (secondary N) is 1. The van der Waals surface area contributed by atoms with E-state index in [0.29, 0.717) is 25.5 Å². The summed E-state index contributed by atoms with van der Waals surface area (Å²) in [7, 11) is 3.51. The number of furan rings is 1. The Morgan fingerprint density at radius 2 is 2.12 bits per heavy atom. The summed E-state index contributed by atoms with van der Waals surface area (Å²) in [5, 5.41) is 7.21. The molecule has 0 aromatic carbocycles. The van der Waals surface area contributed by atoms with Crippen molar-refractivity contribution in [2.24, 2.45) is 7.05 Å². The summed E-state index contributed by atoms with van der Waals surface area (Å²) in [4.78, 5) is 16.7. The number of amides is 2. The lowest BCUT2D eigenvalue weighted by atomic mass is 10.2. The Hall–Kier alpha value is -2.48. The second-order valence-corrected chi connectivity index (χ2v) is 6.25. The van der Waals surface area contributed by atoms with E-state index in [-0.39, 0.29) is 12.1 Å². The minimum Gasteiger partial charge on any atom is -0.464 e. The van der Waals surface area contributed by atoms with Gasteiger partial charge in [-0.3, -0.25) is 4.68 Å². The second-order valence-electron chi connectivity index (χ2n) is 6.25. The highest BCUT2D eigenvalue weighted by Gasteiger charge is 2.25. The third kappa shape index (κ3) is 4.14. The average Bonchev–Trinajstić information content (AvgIpc) is 3.23. The number of piperazine rings is 1. The van der Waals surface area contributed by atoms with E-state index in [9.17, 15) is 4.79 Å². The fourth-order valence-electron chi connectivity index (χ4n) is 2.98. The highest BCUT2D eigenvalue weighted by Crippen LogP contribution is 2.18. The van der Waals surface area contributed by atoms with Gasteiger partial charge in [0.1, 0.15) is 17.6 Å². The van der Waals surface area contributed by atoms with E-state index < -0.39 is 0 Å². The fraction of sp³-hybridized carbons (Fsp3) is 0.529. The minimum absolute atomic E-state index is 0.0954. The van der Waals surface area contributed by atoms with E-state index in [1.807, 2.05) is 43.4 Å². The first-order valence-corrected chi connectivity index (χ1v) is 8.41. The SMILES string of the molecule is COC[C@@H](NC(=O)N1CCN(c2cnn(C)c2)CC1)c1ccc(C)o1. The monoisotopic (exact) mass is 347 g/mol. The summed E-state index contributed by atoms with van der Waals surface area (Å²) >= 11 is 0. The lowest BCUT2D eigenvalue weighted by Gasteiger charge is -2.35. The van der Waals surface area contributed by atoms with Crippen molar-refractivity contribution in [3.8, 4) is 0 Å². The molecule has 2 aromatic rings. The van der Waals surface area contributed by atoms with Crippen LogP contribution < -0.4 is 10.2 Å². The molecule has 1 N–H and O–H groups in total. The zero-order valence-corrected chi connectivity index (χ0v) is 14.9. The Bertz CT molecular complexity index is 703. The number of urea groups is 1. The number of hydrogen-bond acceptors (Lipinski definition) is 5. The number of hydrogen-bond donors (Lipinski definition) is 1. The maximum Gasteiger partial charge on any atom is 0.318 e. The summed E-state index contributed by atoms with van der Waals surface area (Å²) in [5.74, 6) is 1.53. The van der Waals surface area contributed by atoms with Crippen LogP contribution in [0.3, 0.4) is 0 Å². The summed E-state index contributed by atoms with van der Waals surface area (Å²) < 4.78 is 12.6. The van der Waals surface area contributed by atoms with Crippen molar-refractivity contribution in [3.63, 3.8) is 0 Å². The minimum atomic E-state index is -0.289. The van der Waals surface area contributed by atoms with Crippen LogP contribution >= 0.6 is 0 Å². The topological polar surface area (TPSA) is 75.8 Å². The molecule has 1 saturated heterocycles. The van der Waals surface area contributed by atoms with Gasteiger partial charge in [-0.1, -0.05) is 0 Å². The molecule has 0 aliphatic carbocycles. The number of nitrogens with zero attached hydrogens (tertiary/aromatic N) is 4. The highest BCUT2D eigenvalue weighted by atomic mass is 16.5. The largest absolute Gasteiger partial charge is 0.464 e. The molecule has 25 heavy (non-hydrogen) atoms. The maximum atomic E-state index is 12.6. The van der Waals surface area contributed by atoms with Gasteiger partial charge in [-0.25, -0.2) is 4.79 Å². The van der Waals surface area contributed by atoms with E-state index in [4.69, 9.17) is 9.15 Å². The zero-order chi connectivity index (χ0) is 17.8. The van der Waals surface area contributed by atoms with Gasteiger partial charge in [0.05, 0.1) is 18.5 Å². The molecule has 1 atom stereocenters. The predicted octanol–water partition coefficient (Wildman–Crippen LogP) is 1.54. The molecule has 2 amide bonds. The lowest BCUT2D eigenvalue weighted by molar-refractivity contribution is 0.145. The van der Waals surface area contributed by atoms with Crippen molar-refractivity contribution in [3.05, 3.63) is 36.0 Å². The third-order valence-corrected chi connectivity index (χ3v) is 4.36. The third-order valence-electron chi connectivity index (χ3n) is 4.36. The van der Waals surface area contributed by atoms with Gasteiger partial charge in [0, 0.05) is 46.5 Å². The van der Waals surface area contributed by atoms with Crippen molar-refractivity contribution < 1.29 is 13.9 Å². The molecule has 0 unspecified atom stereocenters. The molecule has 8 nitrogen and oxygen atoms in total. The first-order chi connectivity index (χ1) is 12.1. The number of aryl methyl sites for hydroxylation is 2. The first kappa shape index (κ1) is 17.3. The zero-order valence-electron chi connectivity index (χ0n) is 14.9. The van der Waals surface area contributed by atoms with Crippen molar-refractivity contribution >= 4 is 11.7 Å². The van der Waals surface area contributed by atoms with Crippen LogP contribution in [0, 0.1) is 6.92 Å². The average molecular weight is 347 g/mol. The summed E-state index contributed by atoms with van der Waals surface area (Å²) in [5.41, 5.74) is 1.09. The molecule has 0 spiro atoms. The van der Waals surface area contributed by atoms with Gasteiger partial charge in [0.25, 0.3) is 0 Å². The van der Waals surface area contributed by atoms with E-state index in [0.717, 1.165) is 24.5 Å². The van der Waals surface area contributed by atoms with Crippen LogP contribution in [0.15, 0.2) is 28.9 Å². The molecule has 8 heteroatoms. The molecule has 0 radical (unpaired) electrons. The van der Waals surface area contributed by atoms with E-state index in [1.54, 1.807) is 11.8 Å². The Morgan fingerprint density at radius 3 is 2.68 bits per heavy atom. The highest BCUT2D eigenvalue weighted by molar-refractivity contribution is 5.75. The molecule has 3 heterocycles. The molecule has 1 aliphatic rings. The van der Waals surface area contributed by atoms with Gasteiger partial charge in [-0.15, -0.1) is 0 Å². The number of aromatic nitrogens is 2. The molecule has 1 fully saturated rings. The number of carbonyl (C=O) groups excluding carboxylic acids is 1. The van der Waals surface area contributed by atoms with Gasteiger partial charge in [-0.05, 0) is 19.1 Å². The van der Waals surface area contributed by atoms with Gasteiger partial charge >= 0.3 is 6.03 Å². The van der Waals surface area contributed by atoms with Crippen molar-refractivity contribution in [1.82, 2.24) is 20.0 Å². The quantitative estimate of drug-likeness (QED) is 0.888. The van der Waals surface area contributed by atoms with Crippen LogP contribution in [0.4, 0.5) is 10.5 Å². The van der Waals surface area contributed by atoms with Gasteiger partial charge in [0.2, 0.25) is 0 Å². The Kier molecular flexibility index (Phi) is 5.28. The van der Waals surface area contributed by atoms with E-state index in [1.165, 1.54) is 0 Å². The molecule has 2 aromatic heterocycles. The smallest absolute Gasteiger partial charge is 0.318 e. The summed E-state index contributed by atoms with van der Waals surface area (Å²) in [6.07, 6.45) is 3.84. The van der Waals surface area contributed by atoms with Crippen molar-refractivity contribution in [1.29, 1.82) is 0 Å². The molecule has 0 saturated carbocycles. The predicted molar refractivity (Wildman–Crippen MR) is 93.6 cm³/mol. The molecule has 1 aliphatic heterocycles. The summed E-state index contributed by atoms with van der Waals surface area (Å²) in [6, 6.07) is 3.38. The van der Waals surface area contributed by atoms with E-state index in [2.05, 4.69) is 15.3 Å². The van der Waals surface area contributed by atoms with Crippen LogP contribution in [0.5, 0.6) is 0 Å². The van der Waals surface area contributed by atoms with Crippen molar-refractivity contribution in [2.75, 3.05) is 44.8 Å². The first-order valence-electron chi connectivity index (χ1n) is 8.41. The van der Waals surface area contributed by atoms with Crippen LogP contribution in [0.25, 0.3) is 0 Å². The molecule has 3 rings (SSSR count). The van der Waals surface area contributed by atoms with Gasteiger partial charge in [0.15, 0.2) is 0 Å². The van der Waals surface area contributed by atoms with Crippen LogP contribution in [-0.4, -0.2) is 60.6 Å². The number of methoxy groups -OCH3 is 1. The van der Waals surface area contributed by atoms with Gasteiger partial charge < -0.3 is 24.3 Å². The molecule has 0 bridgehead atoms. The maximum absolute atomic E-state index is 12.6. The molecular weight excluding hydrogens is 322 g/mol. The second kappa shape index (κ2) is 7.60. The van der Waals surface area contributed by atoms with Crippen LogP contribution in [0.2, 0.25) is 0 Å². The normalized spacial score (nSPS) is 16.1. The van der Waals surface area contributed by atoms with Crippen molar-refractivity contribution in [2.45, 2.75) is 13.0 Å². The number of ether oxygens (including phenoxy) is 1. The molecule has 136 valence electrons. The number of carbonyl (C=O) groups is 1. The van der Waals surface area contributed by atoms with E-state index >= 15 is 0 Å². The summed E-state index contributed by atoms with van der Waals surface area (Å²) in [6.45, 7) is 5.15. The number of rotatable bonds is 5. The standard InChI is InChI=1S/C17H25N5O3/c1-13-4-5-16(25-13)15(12-24-3)19-17(23)22-8-6-21(7-9-22)14-10-18-20(2)11-14/h4-5,10-11,15H,6-9,12H2,1-3H3,(H,19,23)/t15-/m1/s1. The Balaban J connectivity index is 1.56.